The topological polar surface area (TPSA) is 99.2 Å². The van der Waals surface area contributed by atoms with E-state index in [4.69, 9.17) is 9.84 Å². The summed E-state index contributed by atoms with van der Waals surface area (Å²) in [6.45, 7) is 3.01. The van der Waals surface area contributed by atoms with Crippen molar-refractivity contribution < 1.29 is 13.9 Å². The number of aromatic nitrogens is 6. The maximum absolute atomic E-state index is 15.4. The Morgan fingerprint density at radius 2 is 1.81 bits per heavy atom. The minimum atomic E-state index is -0.524. The quantitative estimate of drug-likeness (QED) is 0.175. The highest BCUT2D eigenvalue weighted by atomic mass is 32.1. The number of nitrogens with zero attached hydrogens (tertiary/aromatic N) is 6. The molecule has 4 bridgehead atoms. The third kappa shape index (κ3) is 4.73. The second kappa shape index (κ2) is 10.7. The first-order valence-corrected chi connectivity index (χ1v) is 17.1. The van der Waals surface area contributed by atoms with Gasteiger partial charge in [-0.3, -0.25) is 9.08 Å². The number of fused-ring (bicyclic) bond motifs is 2. The van der Waals surface area contributed by atoms with Crippen LogP contribution in [0.2, 0.25) is 0 Å². The van der Waals surface area contributed by atoms with E-state index in [0.717, 1.165) is 51.3 Å². The summed E-state index contributed by atoms with van der Waals surface area (Å²) >= 11 is 1.43. The van der Waals surface area contributed by atoms with Crippen LogP contribution in [0, 0.1) is 35.9 Å². The number of anilines is 2. The average molecular weight is 648 g/mol. The summed E-state index contributed by atoms with van der Waals surface area (Å²) in [6.07, 6.45) is 15.1. The first-order valence-electron chi connectivity index (χ1n) is 16.3. The Kier molecular flexibility index (Phi) is 6.50. The summed E-state index contributed by atoms with van der Waals surface area (Å²) in [5, 5.41) is 8.43. The highest BCUT2D eigenvalue weighted by Gasteiger charge is 2.51. The number of hydrogen-bond acceptors (Lipinski definition) is 8. The van der Waals surface area contributed by atoms with Crippen LogP contribution in [0.4, 0.5) is 15.3 Å². The minimum Gasteiger partial charge on any atom is -0.465 e. The van der Waals surface area contributed by atoms with Crippen LogP contribution in [0.3, 0.4) is 0 Å². The van der Waals surface area contributed by atoms with E-state index in [-0.39, 0.29) is 5.82 Å². The molecule has 0 radical (unpaired) electrons. The zero-order valence-corrected chi connectivity index (χ0v) is 27.1. The molecule has 0 spiro atoms. The third-order valence-electron chi connectivity index (χ3n) is 10.8. The van der Waals surface area contributed by atoms with Crippen molar-refractivity contribution in [1.29, 1.82) is 0 Å². The number of para-hydroxylation sites is 1. The van der Waals surface area contributed by atoms with Gasteiger partial charge in [0.05, 0.1) is 35.4 Å². The molecule has 4 aliphatic carbocycles. The number of carbonyl (C=O) groups excluding carboxylic acids is 1. The Bertz CT molecular complexity index is 2130. The molecule has 238 valence electrons. The number of ether oxygens (including phenoxy) is 1. The molecule has 47 heavy (non-hydrogen) atoms. The molecule has 4 aliphatic rings. The molecule has 1 aromatic carbocycles. The van der Waals surface area contributed by atoms with Gasteiger partial charge in [-0.15, -0.1) is 0 Å². The molecule has 0 amide bonds. The molecular weight excluding hydrogens is 614 g/mol. The first-order chi connectivity index (χ1) is 22.9. The lowest BCUT2D eigenvalue weighted by Gasteiger charge is -2.56. The van der Waals surface area contributed by atoms with Crippen molar-refractivity contribution in [2.24, 2.45) is 23.2 Å². The van der Waals surface area contributed by atoms with E-state index in [2.05, 4.69) is 31.9 Å². The van der Waals surface area contributed by atoms with E-state index in [1.54, 1.807) is 16.8 Å². The number of carbonyl (C=O) groups is 1. The Balaban J connectivity index is 1.04. The predicted octanol–water partition coefficient (Wildman–Crippen LogP) is 8.06. The van der Waals surface area contributed by atoms with Crippen LogP contribution in [-0.4, -0.2) is 42.2 Å². The second-order valence-electron chi connectivity index (χ2n) is 13.8. The van der Waals surface area contributed by atoms with Gasteiger partial charge < -0.3 is 10.1 Å². The molecule has 11 heteroatoms. The molecule has 5 aromatic heterocycles. The molecule has 10 rings (SSSR count). The van der Waals surface area contributed by atoms with Crippen LogP contribution < -0.4 is 5.32 Å². The standard InChI is InChI=1S/C36H34FN7O2S/c1-20-26(17-40-44(20)19-36-13-21-9-22(14-36)11-23(10-21)15-36)25-7-8-43-29(18-39-33(43)31(25)34(45)46-2)24-12-27(37)32(38-16-24)42-35-41-28-5-3-4-6-30(28)47-35/h3-8,12,16-18,21-23H,9-11,13-15,19H2,1-2H3,(H,38,41,42). The summed E-state index contributed by atoms with van der Waals surface area (Å²) in [6, 6.07) is 11.1. The number of nitrogens with one attached hydrogen (secondary N) is 1. The maximum Gasteiger partial charge on any atom is 0.342 e. The molecule has 1 N–H and O–H groups in total. The average Bonchev–Trinajstić information content (AvgIpc) is 3.77. The highest BCUT2D eigenvalue weighted by molar-refractivity contribution is 7.22. The summed E-state index contributed by atoms with van der Waals surface area (Å²) in [5.41, 5.74) is 5.71. The first kappa shape index (κ1) is 28.6. The summed E-state index contributed by atoms with van der Waals surface area (Å²) in [4.78, 5) is 26.9. The Labute approximate surface area is 274 Å². The zero-order chi connectivity index (χ0) is 31.9. The number of imidazole rings is 1. The Hall–Kier alpha value is -4.64. The number of pyridine rings is 2. The summed E-state index contributed by atoms with van der Waals surface area (Å²) in [7, 11) is 1.37. The van der Waals surface area contributed by atoms with Crippen LogP contribution in [-0.2, 0) is 11.3 Å². The number of esters is 1. The number of benzene rings is 1. The van der Waals surface area contributed by atoms with Crippen LogP contribution in [0.5, 0.6) is 0 Å². The molecule has 0 aliphatic heterocycles. The molecule has 9 nitrogen and oxygen atoms in total. The molecule has 4 fully saturated rings. The normalized spacial score (nSPS) is 23.2. The smallest absolute Gasteiger partial charge is 0.342 e. The van der Waals surface area contributed by atoms with Crippen LogP contribution >= 0.6 is 11.3 Å². The van der Waals surface area contributed by atoms with Gasteiger partial charge in [0, 0.05) is 41.3 Å². The minimum absolute atomic E-state index is 0.0835. The van der Waals surface area contributed by atoms with Crippen LogP contribution in [0.15, 0.2) is 61.2 Å². The van der Waals surface area contributed by atoms with Crippen molar-refractivity contribution in [3.05, 3.63) is 78.3 Å². The number of thiazole rings is 1. The Morgan fingerprint density at radius 1 is 1.04 bits per heavy atom. The maximum atomic E-state index is 15.4. The van der Waals surface area contributed by atoms with Crippen molar-refractivity contribution in [2.45, 2.75) is 52.0 Å². The van der Waals surface area contributed by atoms with E-state index in [1.807, 2.05) is 42.7 Å². The number of rotatable bonds is 7. The molecular formula is C36H34FN7O2S. The van der Waals surface area contributed by atoms with E-state index in [9.17, 15) is 4.79 Å². The SMILES string of the molecule is COC(=O)c1c(-c2cnn(CC34CC5CC(CC(C5)C3)C4)c2C)ccn2c(-c3cnc(Nc4nc5ccccc5s4)c(F)c3)cnc12. The lowest BCUT2D eigenvalue weighted by Crippen LogP contribution is -2.48. The zero-order valence-electron chi connectivity index (χ0n) is 26.2. The fourth-order valence-corrected chi connectivity index (χ4v) is 10.0. The fraction of sp³-hybridized carbons (Fsp3) is 0.361. The largest absolute Gasteiger partial charge is 0.465 e. The van der Waals surface area contributed by atoms with Crippen LogP contribution in [0.1, 0.15) is 54.6 Å². The number of halogens is 1. The molecule has 5 heterocycles. The van der Waals surface area contributed by atoms with Gasteiger partial charge in [0.25, 0.3) is 0 Å². The molecule has 0 saturated heterocycles. The van der Waals surface area contributed by atoms with Crippen molar-refractivity contribution in [3.63, 3.8) is 0 Å². The van der Waals surface area contributed by atoms with Gasteiger partial charge in [0.15, 0.2) is 22.4 Å². The highest BCUT2D eigenvalue weighted by Crippen LogP contribution is 2.60. The van der Waals surface area contributed by atoms with Crippen molar-refractivity contribution in [2.75, 3.05) is 12.4 Å². The number of methoxy groups -OCH3 is 1. The molecule has 4 saturated carbocycles. The lowest BCUT2D eigenvalue weighted by molar-refractivity contribution is -0.0638. The third-order valence-corrected chi connectivity index (χ3v) is 11.7. The van der Waals surface area contributed by atoms with Gasteiger partial charge in [-0.2, -0.15) is 5.10 Å². The van der Waals surface area contributed by atoms with E-state index in [0.29, 0.717) is 33.0 Å². The van der Waals surface area contributed by atoms with Crippen molar-refractivity contribution in [3.8, 4) is 22.4 Å². The van der Waals surface area contributed by atoms with E-state index < -0.39 is 11.8 Å². The van der Waals surface area contributed by atoms with Gasteiger partial charge in [-0.05, 0) is 92.9 Å². The molecule has 0 unspecified atom stereocenters. The lowest BCUT2D eigenvalue weighted by atomic mass is 9.49. The van der Waals surface area contributed by atoms with Gasteiger partial charge in [-0.25, -0.2) is 24.1 Å². The predicted molar refractivity (Wildman–Crippen MR) is 179 cm³/mol. The van der Waals surface area contributed by atoms with Crippen molar-refractivity contribution in [1.82, 2.24) is 29.1 Å². The Morgan fingerprint density at radius 3 is 2.53 bits per heavy atom. The van der Waals surface area contributed by atoms with Gasteiger partial charge in [0.2, 0.25) is 0 Å². The summed E-state index contributed by atoms with van der Waals surface area (Å²) in [5.74, 6) is 1.68. The van der Waals surface area contributed by atoms with Crippen LogP contribution in [0.25, 0.3) is 38.2 Å². The summed E-state index contributed by atoms with van der Waals surface area (Å²) < 4.78 is 25.6. The van der Waals surface area contributed by atoms with E-state index >= 15 is 4.39 Å². The van der Waals surface area contributed by atoms with Crippen molar-refractivity contribution >= 4 is 44.1 Å². The monoisotopic (exact) mass is 647 g/mol. The fourth-order valence-electron chi connectivity index (χ4n) is 9.16. The second-order valence-corrected chi connectivity index (χ2v) is 14.8. The number of hydrogen-bond donors (Lipinski definition) is 1. The molecule has 6 aromatic rings. The van der Waals surface area contributed by atoms with Gasteiger partial charge in [-0.1, -0.05) is 23.5 Å². The van der Waals surface area contributed by atoms with E-state index in [1.165, 1.54) is 63.0 Å². The molecule has 0 atom stereocenters. The van der Waals surface area contributed by atoms with Gasteiger partial charge in [0.1, 0.15) is 5.56 Å². The van der Waals surface area contributed by atoms with Gasteiger partial charge >= 0.3 is 5.97 Å².